The summed E-state index contributed by atoms with van der Waals surface area (Å²) in [4.78, 5) is 4.09. The molecule has 2 aromatic rings. The van der Waals surface area contributed by atoms with Crippen LogP contribution in [0.3, 0.4) is 0 Å². The SMILES string of the molecule is Cc1ccnc(-c2cccc(OC(F)(F)F)c2)c1N. The van der Waals surface area contributed by atoms with Gasteiger partial charge in [-0.1, -0.05) is 12.1 Å². The lowest BCUT2D eigenvalue weighted by molar-refractivity contribution is -0.274. The Morgan fingerprint density at radius 2 is 1.95 bits per heavy atom. The first-order valence-electron chi connectivity index (χ1n) is 5.44. The van der Waals surface area contributed by atoms with E-state index in [2.05, 4.69) is 9.72 Å². The number of hydrogen-bond acceptors (Lipinski definition) is 3. The summed E-state index contributed by atoms with van der Waals surface area (Å²) in [6.45, 7) is 1.80. The molecule has 3 nitrogen and oxygen atoms in total. The maximum absolute atomic E-state index is 12.2. The highest BCUT2D eigenvalue weighted by molar-refractivity contribution is 5.75. The fraction of sp³-hybridized carbons (Fsp3) is 0.154. The molecule has 0 amide bonds. The first kappa shape index (κ1) is 13.2. The monoisotopic (exact) mass is 268 g/mol. The van der Waals surface area contributed by atoms with Crippen molar-refractivity contribution in [3.8, 4) is 17.0 Å². The topological polar surface area (TPSA) is 48.1 Å². The first-order valence-corrected chi connectivity index (χ1v) is 5.44. The van der Waals surface area contributed by atoms with Crippen molar-refractivity contribution in [3.05, 3.63) is 42.1 Å². The van der Waals surface area contributed by atoms with Crippen LogP contribution in [-0.2, 0) is 0 Å². The highest BCUT2D eigenvalue weighted by Gasteiger charge is 2.31. The number of rotatable bonds is 2. The van der Waals surface area contributed by atoms with E-state index in [0.29, 0.717) is 16.9 Å². The van der Waals surface area contributed by atoms with Gasteiger partial charge in [0.15, 0.2) is 0 Å². The Bertz CT molecular complexity index is 597. The zero-order valence-corrected chi connectivity index (χ0v) is 10.0. The largest absolute Gasteiger partial charge is 0.573 e. The van der Waals surface area contributed by atoms with E-state index in [1.807, 2.05) is 0 Å². The molecular formula is C13H11F3N2O. The third-order valence-electron chi connectivity index (χ3n) is 2.55. The third-order valence-corrected chi connectivity index (χ3v) is 2.55. The molecule has 0 aliphatic heterocycles. The summed E-state index contributed by atoms with van der Waals surface area (Å²) < 4.78 is 40.3. The number of alkyl halides is 3. The molecule has 1 heterocycles. The number of pyridine rings is 1. The number of ether oxygens (including phenoxy) is 1. The van der Waals surface area contributed by atoms with E-state index in [0.717, 1.165) is 5.56 Å². The summed E-state index contributed by atoms with van der Waals surface area (Å²) in [6.07, 6.45) is -3.16. The number of nitrogens with zero attached hydrogens (tertiary/aromatic N) is 1. The Kier molecular flexibility index (Phi) is 3.33. The Morgan fingerprint density at radius 1 is 1.21 bits per heavy atom. The van der Waals surface area contributed by atoms with E-state index >= 15 is 0 Å². The molecule has 0 atom stereocenters. The molecule has 0 aliphatic rings. The minimum absolute atomic E-state index is 0.298. The van der Waals surface area contributed by atoms with Gasteiger partial charge in [0.1, 0.15) is 5.75 Å². The number of nitrogen functional groups attached to an aromatic ring is 1. The second-order valence-corrected chi connectivity index (χ2v) is 3.97. The maximum Gasteiger partial charge on any atom is 0.573 e. The van der Waals surface area contributed by atoms with Crippen LogP contribution in [0.4, 0.5) is 18.9 Å². The van der Waals surface area contributed by atoms with Gasteiger partial charge in [-0.25, -0.2) is 0 Å². The van der Waals surface area contributed by atoms with Crippen LogP contribution in [0.15, 0.2) is 36.5 Å². The minimum Gasteiger partial charge on any atom is -0.406 e. The zero-order valence-electron chi connectivity index (χ0n) is 10.0. The number of halogens is 3. The van der Waals surface area contributed by atoms with Crippen molar-refractivity contribution in [2.75, 3.05) is 5.73 Å². The van der Waals surface area contributed by atoms with Gasteiger partial charge in [-0.2, -0.15) is 0 Å². The van der Waals surface area contributed by atoms with E-state index in [4.69, 9.17) is 5.73 Å². The van der Waals surface area contributed by atoms with Gasteiger partial charge in [-0.15, -0.1) is 13.2 Å². The second-order valence-electron chi connectivity index (χ2n) is 3.97. The van der Waals surface area contributed by atoms with Crippen LogP contribution in [-0.4, -0.2) is 11.3 Å². The Labute approximate surface area is 107 Å². The van der Waals surface area contributed by atoms with Crippen molar-refractivity contribution in [2.45, 2.75) is 13.3 Å². The van der Waals surface area contributed by atoms with Crippen LogP contribution in [0.5, 0.6) is 5.75 Å². The molecule has 2 rings (SSSR count). The highest BCUT2D eigenvalue weighted by Crippen LogP contribution is 2.30. The molecule has 0 saturated carbocycles. The normalized spacial score (nSPS) is 11.4. The van der Waals surface area contributed by atoms with Crippen LogP contribution in [0.1, 0.15) is 5.56 Å². The summed E-state index contributed by atoms with van der Waals surface area (Å²) >= 11 is 0. The maximum atomic E-state index is 12.2. The van der Waals surface area contributed by atoms with Crippen molar-refractivity contribution in [1.29, 1.82) is 0 Å². The number of benzene rings is 1. The molecule has 6 heteroatoms. The first-order chi connectivity index (χ1) is 8.87. The van der Waals surface area contributed by atoms with Crippen LogP contribution in [0.2, 0.25) is 0 Å². The van der Waals surface area contributed by atoms with Crippen molar-refractivity contribution in [2.24, 2.45) is 0 Å². The van der Waals surface area contributed by atoms with Gasteiger partial charge in [0.2, 0.25) is 0 Å². The smallest absolute Gasteiger partial charge is 0.406 e. The number of aromatic nitrogens is 1. The predicted octanol–water partition coefficient (Wildman–Crippen LogP) is 3.54. The Balaban J connectivity index is 2.41. The van der Waals surface area contributed by atoms with Gasteiger partial charge in [0.25, 0.3) is 0 Å². The summed E-state index contributed by atoms with van der Waals surface area (Å²) in [6, 6.07) is 7.30. The molecule has 1 aromatic carbocycles. The van der Waals surface area contributed by atoms with E-state index in [1.165, 1.54) is 18.2 Å². The van der Waals surface area contributed by atoms with Crippen molar-refractivity contribution >= 4 is 5.69 Å². The van der Waals surface area contributed by atoms with Crippen molar-refractivity contribution in [3.63, 3.8) is 0 Å². The molecule has 0 saturated heterocycles. The summed E-state index contributed by atoms with van der Waals surface area (Å²) in [5, 5.41) is 0. The molecule has 2 N–H and O–H groups in total. The van der Waals surface area contributed by atoms with E-state index in [1.54, 1.807) is 25.3 Å². The number of nitrogens with two attached hydrogens (primary N) is 1. The molecule has 1 aromatic heterocycles. The average Bonchev–Trinajstić information content (AvgIpc) is 2.31. The fourth-order valence-electron chi connectivity index (χ4n) is 1.64. The molecule has 0 aliphatic carbocycles. The zero-order chi connectivity index (χ0) is 14.0. The van der Waals surface area contributed by atoms with Gasteiger partial charge in [-0.05, 0) is 30.7 Å². The van der Waals surface area contributed by atoms with Gasteiger partial charge in [0.05, 0.1) is 11.4 Å². The summed E-state index contributed by atoms with van der Waals surface area (Å²) in [5.41, 5.74) is 8.03. The number of aryl methyl sites for hydroxylation is 1. The lowest BCUT2D eigenvalue weighted by atomic mass is 10.1. The fourth-order valence-corrected chi connectivity index (χ4v) is 1.64. The lowest BCUT2D eigenvalue weighted by Crippen LogP contribution is -2.17. The van der Waals surface area contributed by atoms with Crippen LogP contribution >= 0.6 is 0 Å². The molecule has 100 valence electrons. The number of hydrogen-bond donors (Lipinski definition) is 1. The summed E-state index contributed by atoms with van der Waals surface area (Å²) in [5.74, 6) is -0.298. The predicted molar refractivity (Wildman–Crippen MR) is 65.5 cm³/mol. The van der Waals surface area contributed by atoms with Gasteiger partial charge in [0, 0.05) is 11.8 Å². The Morgan fingerprint density at radius 3 is 2.63 bits per heavy atom. The summed E-state index contributed by atoms with van der Waals surface area (Å²) in [7, 11) is 0. The lowest BCUT2D eigenvalue weighted by Gasteiger charge is -2.11. The van der Waals surface area contributed by atoms with Crippen LogP contribution in [0.25, 0.3) is 11.3 Å². The second kappa shape index (κ2) is 4.79. The van der Waals surface area contributed by atoms with Crippen molar-refractivity contribution in [1.82, 2.24) is 4.98 Å². The highest BCUT2D eigenvalue weighted by atomic mass is 19.4. The average molecular weight is 268 g/mol. The standard InChI is InChI=1S/C13H11F3N2O/c1-8-5-6-18-12(11(8)17)9-3-2-4-10(7-9)19-13(14,15)16/h2-7H,17H2,1H3. The van der Waals surface area contributed by atoms with Crippen LogP contribution in [0, 0.1) is 6.92 Å². The third kappa shape index (κ3) is 3.15. The van der Waals surface area contributed by atoms with Gasteiger partial charge < -0.3 is 10.5 Å². The molecule has 0 radical (unpaired) electrons. The quantitative estimate of drug-likeness (QED) is 0.906. The van der Waals surface area contributed by atoms with E-state index < -0.39 is 6.36 Å². The van der Waals surface area contributed by atoms with Crippen LogP contribution < -0.4 is 10.5 Å². The molecular weight excluding hydrogens is 257 g/mol. The minimum atomic E-state index is -4.72. The molecule has 0 fully saturated rings. The van der Waals surface area contributed by atoms with Gasteiger partial charge >= 0.3 is 6.36 Å². The van der Waals surface area contributed by atoms with Gasteiger partial charge in [-0.3, -0.25) is 4.98 Å². The number of anilines is 1. The molecule has 0 unspecified atom stereocenters. The van der Waals surface area contributed by atoms with Crippen molar-refractivity contribution < 1.29 is 17.9 Å². The Hall–Kier alpha value is -2.24. The molecule has 0 bridgehead atoms. The van der Waals surface area contributed by atoms with E-state index in [-0.39, 0.29) is 5.75 Å². The van der Waals surface area contributed by atoms with E-state index in [9.17, 15) is 13.2 Å². The molecule has 0 spiro atoms. The molecule has 19 heavy (non-hydrogen) atoms.